The maximum Gasteiger partial charge on any atom is 0.338 e. The second kappa shape index (κ2) is 9.38. The number of carbonyl (C=O) groups is 1. The monoisotopic (exact) mass is 487 g/mol. The van der Waals surface area contributed by atoms with Crippen LogP contribution in [-0.2, 0) is 9.53 Å². The molecule has 3 heterocycles. The quantitative estimate of drug-likeness (QED) is 0.421. The Bertz CT molecular complexity index is 1640. The van der Waals surface area contributed by atoms with Gasteiger partial charge >= 0.3 is 5.97 Å². The van der Waals surface area contributed by atoms with E-state index in [9.17, 15) is 9.59 Å². The number of thiazole rings is 1. The minimum absolute atomic E-state index is 0.218. The molecule has 1 atom stereocenters. The number of hydrogen-bond acceptors (Lipinski definition) is 6. The second-order valence-corrected chi connectivity index (χ2v) is 9.07. The molecule has 0 saturated carbocycles. The van der Waals surface area contributed by atoms with Crippen LogP contribution in [0.3, 0.4) is 0 Å². The van der Waals surface area contributed by atoms with Crippen molar-refractivity contribution in [1.29, 1.82) is 0 Å². The standard InChI is InChI=1S/C27H25N3O4S/c1-4-33-21-13-9-7-11-19(21)24-23(26(32)34-5-2)16(3)29-27-30(24)25(31)22(35-27)14-17-15-28-20-12-8-6-10-18(17)20/h6-15,24,28H,4-5H2,1-3H3. The zero-order valence-electron chi connectivity index (χ0n) is 19.7. The number of aromatic amines is 1. The first-order chi connectivity index (χ1) is 17.0. The molecule has 4 aromatic rings. The smallest absolute Gasteiger partial charge is 0.338 e. The summed E-state index contributed by atoms with van der Waals surface area (Å²) in [6.07, 6.45) is 3.76. The summed E-state index contributed by atoms with van der Waals surface area (Å²) >= 11 is 1.30. The van der Waals surface area contributed by atoms with Gasteiger partial charge in [0, 0.05) is 28.2 Å². The molecule has 8 heteroatoms. The molecule has 0 radical (unpaired) electrons. The molecule has 1 aliphatic heterocycles. The normalized spacial score (nSPS) is 15.7. The van der Waals surface area contributed by atoms with Gasteiger partial charge in [-0.25, -0.2) is 9.79 Å². The number of hydrogen-bond donors (Lipinski definition) is 1. The largest absolute Gasteiger partial charge is 0.494 e. The first-order valence-electron chi connectivity index (χ1n) is 11.5. The highest BCUT2D eigenvalue weighted by Gasteiger charge is 2.35. The summed E-state index contributed by atoms with van der Waals surface area (Å²) in [5.74, 6) is 0.124. The molecule has 1 N–H and O–H groups in total. The van der Waals surface area contributed by atoms with Crippen molar-refractivity contribution in [3.05, 3.63) is 96.8 Å². The number of allylic oxidation sites excluding steroid dienone is 1. The first-order valence-corrected chi connectivity index (χ1v) is 12.3. The van der Waals surface area contributed by atoms with E-state index < -0.39 is 12.0 Å². The first kappa shape index (κ1) is 22.9. The summed E-state index contributed by atoms with van der Waals surface area (Å²) in [4.78, 5) is 35.3. The molecule has 35 heavy (non-hydrogen) atoms. The second-order valence-electron chi connectivity index (χ2n) is 8.06. The fraction of sp³-hybridized carbons (Fsp3) is 0.222. The Morgan fingerprint density at radius 3 is 2.71 bits per heavy atom. The lowest BCUT2D eigenvalue weighted by atomic mass is 9.95. The number of esters is 1. The van der Waals surface area contributed by atoms with Crippen LogP contribution in [0, 0.1) is 0 Å². The van der Waals surface area contributed by atoms with Crippen LogP contribution in [0.15, 0.2) is 75.8 Å². The predicted octanol–water partition coefficient (Wildman–Crippen LogP) is 3.68. The molecule has 0 saturated heterocycles. The van der Waals surface area contributed by atoms with Gasteiger partial charge in [-0.2, -0.15) is 0 Å². The number of fused-ring (bicyclic) bond motifs is 2. The molecule has 0 spiro atoms. The third kappa shape index (κ3) is 4.00. The highest BCUT2D eigenvalue weighted by Crippen LogP contribution is 2.35. The van der Waals surface area contributed by atoms with E-state index in [1.807, 2.05) is 67.7 Å². The van der Waals surface area contributed by atoms with Crippen LogP contribution in [0.4, 0.5) is 0 Å². The Kier molecular flexibility index (Phi) is 6.13. The van der Waals surface area contributed by atoms with Crippen molar-refractivity contribution < 1.29 is 14.3 Å². The van der Waals surface area contributed by atoms with Gasteiger partial charge in [0.2, 0.25) is 0 Å². The molecule has 1 aliphatic rings. The lowest BCUT2D eigenvalue weighted by Gasteiger charge is -2.26. The van der Waals surface area contributed by atoms with Crippen molar-refractivity contribution in [1.82, 2.24) is 9.55 Å². The van der Waals surface area contributed by atoms with Crippen LogP contribution >= 0.6 is 11.3 Å². The van der Waals surface area contributed by atoms with Crippen LogP contribution in [0.5, 0.6) is 5.75 Å². The maximum absolute atomic E-state index is 13.8. The fourth-order valence-corrected chi connectivity index (χ4v) is 5.47. The molecule has 5 rings (SSSR count). The van der Waals surface area contributed by atoms with Gasteiger partial charge < -0.3 is 14.5 Å². The van der Waals surface area contributed by atoms with Gasteiger partial charge in [0.25, 0.3) is 5.56 Å². The van der Waals surface area contributed by atoms with E-state index in [0.717, 1.165) is 16.5 Å². The number of para-hydroxylation sites is 2. The SMILES string of the molecule is CCOC(=O)C1=C(C)N=c2sc(=Cc3c[nH]c4ccccc34)c(=O)n2C1c1ccccc1OCC. The number of ether oxygens (including phenoxy) is 2. The number of H-pyrrole nitrogens is 1. The average molecular weight is 488 g/mol. The Morgan fingerprint density at radius 1 is 1.14 bits per heavy atom. The third-order valence-corrected chi connectivity index (χ3v) is 6.92. The summed E-state index contributed by atoms with van der Waals surface area (Å²) in [5.41, 5.74) is 3.27. The van der Waals surface area contributed by atoms with E-state index in [0.29, 0.717) is 38.5 Å². The summed E-state index contributed by atoms with van der Waals surface area (Å²) < 4.78 is 13.4. The van der Waals surface area contributed by atoms with Gasteiger partial charge in [0.1, 0.15) is 11.8 Å². The maximum atomic E-state index is 13.8. The summed E-state index contributed by atoms with van der Waals surface area (Å²) in [7, 11) is 0. The van der Waals surface area contributed by atoms with Crippen LogP contribution in [0.2, 0.25) is 0 Å². The van der Waals surface area contributed by atoms with Crippen LogP contribution in [0.1, 0.15) is 37.9 Å². The summed E-state index contributed by atoms with van der Waals surface area (Å²) in [6.45, 7) is 6.11. The lowest BCUT2D eigenvalue weighted by molar-refractivity contribution is -0.139. The number of carbonyl (C=O) groups excluding carboxylic acids is 1. The molecule has 2 aromatic heterocycles. The predicted molar refractivity (Wildman–Crippen MR) is 136 cm³/mol. The Morgan fingerprint density at radius 2 is 1.91 bits per heavy atom. The van der Waals surface area contributed by atoms with Crippen molar-refractivity contribution in [2.75, 3.05) is 13.2 Å². The van der Waals surface area contributed by atoms with Gasteiger partial charge in [-0.05, 0) is 39.0 Å². The number of benzene rings is 2. The topological polar surface area (TPSA) is 85.7 Å². The minimum Gasteiger partial charge on any atom is -0.494 e. The molecule has 0 bridgehead atoms. The van der Waals surface area contributed by atoms with Crippen LogP contribution in [-0.4, -0.2) is 28.7 Å². The van der Waals surface area contributed by atoms with Gasteiger partial charge in [-0.1, -0.05) is 47.7 Å². The number of rotatable bonds is 6. The summed E-state index contributed by atoms with van der Waals surface area (Å²) in [6, 6.07) is 14.7. The van der Waals surface area contributed by atoms with E-state index >= 15 is 0 Å². The Hall–Kier alpha value is -3.91. The van der Waals surface area contributed by atoms with E-state index in [2.05, 4.69) is 9.98 Å². The summed E-state index contributed by atoms with van der Waals surface area (Å²) in [5, 5.41) is 1.03. The number of nitrogens with zero attached hydrogens (tertiary/aromatic N) is 2. The zero-order chi connectivity index (χ0) is 24.5. The lowest BCUT2D eigenvalue weighted by Crippen LogP contribution is -2.40. The van der Waals surface area contributed by atoms with Crippen molar-refractivity contribution in [3.63, 3.8) is 0 Å². The minimum atomic E-state index is -0.710. The molecule has 7 nitrogen and oxygen atoms in total. The van der Waals surface area contributed by atoms with Crippen molar-refractivity contribution in [3.8, 4) is 5.75 Å². The molecule has 0 amide bonds. The molecular weight excluding hydrogens is 462 g/mol. The number of nitrogens with one attached hydrogen (secondary N) is 1. The third-order valence-electron chi connectivity index (χ3n) is 5.94. The van der Waals surface area contributed by atoms with Crippen molar-refractivity contribution in [2.45, 2.75) is 26.8 Å². The van der Waals surface area contributed by atoms with Gasteiger partial charge in [0.15, 0.2) is 4.80 Å². The van der Waals surface area contributed by atoms with E-state index in [-0.39, 0.29) is 12.2 Å². The zero-order valence-corrected chi connectivity index (χ0v) is 20.5. The highest BCUT2D eigenvalue weighted by atomic mass is 32.1. The van der Waals surface area contributed by atoms with E-state index in [4.69, 9.17) is 9.47 Å². The molecule has 178 valence electrons. The fourth-order valence-electron chi connectivity index (χ4n) is 4.43. The average Bonchev–Trinajstić information content (AvgIpc) is 3.40. The Labute approximate surface area is 205 Å². The van der Waals surface area contributed by atoms with Gasteiger partial charge in [-0.15, -0.1) is 0 Å². The molecule has 2 aromatic carbocycles. The van der Waals surface area contributed by atoms with Crippen molar-refractivity contribution in [2.24, 2.45) is 4.99 Å². The van der Waals surface area contributed by atoms with Gasteiger partial charge in [-0.3, -0.25) is 9.36 Å². The van der Waals surface area contributed by atoms with Crippen LogP contribution < -0.4 is 19.6 Å². The highest BCUT2D eigenvalue weighted by molar-refractivity contribution is 7.07. The molecule has 0 fully saturated rings. The number of aromatic nitrogens is 2. The molecular formula is C27H25N3O4S. The van der Waals surface area contributed by atoms with Crippen molar-refractivity contribution >= 4 is 34.3 Å². The van der Waals surface area contributed by atoms with Gasteiger partial charge in [0.05, 0.1) is 29.0 Å². The Balaban J connectivity index is 1.76. The van der Waals surface area contributed by atoms with E-state index in [1.165, 1.54) is 11.3 Å². The molecule has 1 unspecified atom stereocenters. The van der Waals surface area contributed by atoms with Crippen LogP contribution in [0.25, 0.3) is 17.0 Å². The molecule has 0 aliphatic carbocycles. The van der Waals surface area contributed by atoms with E-state index in [1.54, 1.807) is 18.4 Å².